The van der Waals surface area contributed by atoms with Crippen molar-refractivity contribution in [3.8, 4) is 11.1 Å². The van der Waals surface area contributed by atoms with Crippen LogP contribution in [0.2, 0.25) is 0 Å². The van der Waals surface area contributed by atoms with Gasteiger partial charge in [-0.3, -0.25) is 13.9 Å². The van der Waals surface area contributed by atoms with Gasteiger partial charge in [-0.25, -0.2) is 13.6 Å². The van der Waals surface area contributed by atoms with E-state index in [1.807, 2.05) is 6.20 Å². The van der Waals surface area contributed by atoms with Gasteiger partial charge < -0.3 is 9.88 Å². The van der Waals surface area contributed by atoms with E-state index >= 15 is 0 Å². The van der Waals surface area contributed by atoms with Crippen molar-refractivity contribution in [2.75, 3.05) is 19.6 Å². The van der Waals surface area contributed by atoms with Gasteiger partial charge in [0.05, 0.1) is 5.56 Å². The van der Waals surface area contributed by atoms with Crippen LogP contribution in [0.4, 0.5) is 8.78 Å². The lowest BCUT2D eigenvalue weighted by molar-refractivity contribution is 0.204. The van der Waals surface area contributed by atoms with Crippen molar-refractivity contribution in [1.82, 2.24) is 19.0 Å². The summed E-state index contributed by atoms with van der Waals surface area (Å²) in [5, 5.41) is 0.958. The third-order valence-corrected chi connectivity index (χ3v) is 8.45. The fraction of sp³-hybridized carbons (Fsp3) is 0.419. The molecular formula is C31H34F2N4O2. The van der Waals surface area contributed by atoms with Gasteiger partial charge >= 0.3 is 5.69 Å². The number of nitrogens with one attached hydrogen (secondary N) is 1. The average molecular weight is 533 g/mol. The lowest BCUT2D eigenvalue weighted by atomic mass is 9.90. The zero-order chi connectivity index (χ0) is 26.9. The van der Waals surface area contributed by atoms with Gasteiger partial charge in [0.2, 0.25) is 0 Å². The first-order valence-electron chi connectivity index (χ1n) is 14.1. The summed E-state index contributed by atoms with van der Waals surface area (Å²) in [6, 6.07) is 11.2. The molecule has 2 aliphatic rings. The molecule has 204 valence electrons. The average Bonchev–Trinajstić information content (AvgIpc) is 3.37. The highest BCUT2D eigenvalue weighted by Gasteiger charge is 2.25. The molecule has 39 heavy (non-hydrogen) atoms. The van der Waals surface area contributed by atoms with E-state index in [2.05, 4.69) is 9.88 Å². The number of hydrogen-bond acceptors (Lipinski definition) is 3. The Hall–Kier alpha value is -3.52. The van der Waals surface area contributed by atoms with Crippen molar-refractivity contribution in [3.05, 3.63) is 92.4 Å². The normalized spacial score (nSPS) is 17.9. The maximum atomic E-state index is 14.7. The van der Waals surface area contributed by atoms with Crippen LogP contribution in [0.15, 0.2) is 58.3 Å². The highest BCUT2D eigenvalue weighted by atomic mass is 19.1. The van der Waals surface area contributed by atoms with Gasteiger partial charge in [0.1, 0.15) is 11.6 Å². The van der Waals surface area contributed by atoms with Gasteiger partial charge in [0.25, 0.3) is 5.56 Å². The molecule has 0 saturated carbocycles. The zero-order valence-electron chi connectivity index (χ0n) is 22.1. The summed E-state index contributed by atoms with van der Waals surface area (Å²) in [5.41, 5.74) is 2.74. The number of H-pyrrole nitrogens is 1. The van der Waals surface area contributed by atoms with E-state index in [4.69, 9.17) is 0 Å². The monoisotopic (exact) mass is 532 g/mol. The number of aromatic nitrogens is 3. The van der Waals surface area contributed by atoms with E-state index in [9.17, 15) is 18.4 Å². The fourth-order valence-corrected chi connectivity index (χ4v) is 6.50. The summed E-state index contributed by atoms with van der Waals surface area (Å²) in [7, 11) is 0. The fourth-order valence-electron chi connectivity index (χ4n) is 6.50. The lowest BCUT2D eigenvalue weighted by Gasteiger charge is -2.32. The molecule has 0 aliphatic carbocycles. The topological polar surface area (TPSA) is 63.0 Å². The zero-order valence-corrected chi connectivity index (χ0v) is 22.1. The molecule has 1 unspecified atom stereocenters. The molecule has 1 atom stereocenters. The number of piperidine rings is 1. The molecule has 8 heteroatoms. The smallest absolute Gasteiger partial charge is 0.331 e. The van der Waals surface area contributed by atoms with Gasteiger partial charge in [-0.2, -0.15) is 0 Å². The van der Waals surface area contributed by atoms with Crippen LogP contribution in [0, 0.1) is 11.6 Å². The molecular weight excluding hydrogens is 498 g/mol. The van der Waals surface area contributed by atoms with Crippen LogP contribution in [-0.4, -0.2) is 38.7 Å². The highest BCUT2D eigenvalue weighted by molar-refractivity contribution is 5.83. The van der Waals surface area contributed by atoms with Crippen molar-refractivity contribution in [1.29, 1.82) is 0 Å². The van der Waals surface area contributed by atoms with E-state index in [1.165, 1.54) is 22.3 Å². The Morgan fingerprint density at radius 3 is 2.67 bits per heavy atom. The van der Waals surface area contributed by atoms with E-state index in [1.54, 1.807) is 34.9 Å². The van der Waals surface area contributed by atoms with Crippen LogP contribution < -0.4 is 11.2 Å². The summed E-state index contributed by atoms with van der Waals surface area (Å²) >= 11 is 0. The predicted octanol–water partition coefficient (Wildman–Crippen LogP) is 5.43. The Balaban J connectivity index is 1.16. The van der Waals surface area contributed by atoms with Crippen molar-refractivity contribution in [2.45, 2.75) is 64.0 Å². The van der Waals surface area contributed by atoms with E-state index in [-0.39, 0.29) is 22.6 Å². The second kappa shape index (κ2) is 10.9. The minimum absolute atomic E-state index is 0.220. The molecule has 6 rings (SSSR count). The molecule has 6 nitrogen and oxygen atoms in total. The first-order chi connectivity index (χ1) is 19.0. The molecule has 0 spiro atoms. The molecule has 2 aliphatic heterocycles. The standard InChI is InChI=1S/C31H34F2N4O2/c32-22-12-13-27-24(18-22)25(19-34-27)21-8-7-15-35(20-21)14-5-6-17-37-30(38)29(23-9-1-2-10-26(23)33)28-11-3-4-16-36(28)31(37)39/h1-2,9-10,12-13,18-19,21,34H,3-8,11,14-17,20H2. The molecule has 1 saturated heterocycles. The predicted molar refractivity (Wildman–Crippen MR) is 149 cm³/mol. The van der Waals surface area contributed by atoms with Crippen LogP contribution in [0.5, 0.6) is 0 Å². The Morgan fingerprint density at radius 2 is 1.79 bits per heavy atom. The maximum Gasteiger partial charge on any atom is 0.331 e. The summed E-state index contributed by atoms with van der Waals surface area (Å²) < 4.78 is 31.6. The third kappa shape index (κ3) is 4.98. The summed E-state index contributed by atoms with van der Waals surface area (Å²) in [4.78, 5) is 32.6. The number of fused-ring (bicyclic) bond motifs is 2. The number of likely N-dealkylation sites (tertiary alicyclic amines) is 1. The SMILES string of the molecule is O=c1c(-c2ccccc2F)c2n(c(=O)n1CCCCN1CCCC(c3c[nH]c4ccc(F)cc34)C1)CCCC2. The number of nitrogens with zero attached hydrogens (tertiary/aromatic N) is 3. The van der Waals surface area contributed by atoms with E-state index in [0.717, 1.165) is 62.6 Å². The van der Waals surface area contributed by atoms with E-state index in [0.29, 0.717) is 43.1 Å². The molecule has 0 radical (unpaired) electrons. The lowest BCUT2D eigenvalue weighted by Crippen LogP contribution is -2.44. The number of benzene rings is 2. The van der Waals surface area contributed by atoms with Crippen molar-refractivity contribution >= 4 is 10.9 Å². The summed E-state index contributed by atoms with van der Waals surface area (Å²) in [6.45, 7) is 3.66. The molecule has 1 fully saturated rings. The second-order valence-electron chi connectivity index (χ2n) is 10.9. The van der Waals surface area contributed by atoms with Gasteiger partial charge in [-0.15, -0.1) is 0 Å². The quantitative estimate of drug-likeness (QED) is 0.323. The molecule has 2 aromatic heterocycles. The Kier molecular flexibility index (Phi) is 7.21. The Bertz CT molecular complexity index is 1620. The van der Waals surface area contributed by atoms with Crippen molar-refractivity contribution in [3.63, 3.8) is 0 Å². The molecule has 4 aromatic rings. The third-order valence-electron chi connectivity index (χ3n) is 8.45. The Labute approximate surface area is 225 Å². The van der Waals surface area contributed by atoms with Crippen molar-refractivity contribution in [2.24, 2.45) is 0 Å². The number of aromatic amines is 1. The van der Waals surface area contributed by atoms with Gasteiger partial charge in [0.15, 0.2) is 0 Å². The van der Waals surface area contributed by atoms with Crippen LogP contribution >= 0.6 is 0 Å². The van der Waals surface area contributed by atoms with Crippen LogP contribution in [0.1, 0.15) is 55.7 Å². The first kappa shape index (κ1) is 25.7. The van der Waals surface area contributed by atoms with Crippen molar-refractivity contribution < 1.29 is 8.78 Å². The molecule has 2 aromatic carbocycles. The molecule has 0 bridgehead atoms. The number of hydrogen-bond donors (Lipinski definition) is 1. The molecule has 0 amide bonds. The Morgan fingerprint density at radius 1 is 0.949 bits per heavy atom. The minimum atomic E-state index is -0.439. The minimum Gasteiger partial charge on any atom is -0.361 e. The van der Waals surface area contributed by atoms with Gasteiger partial charge in [0, 0.05) is 48.0 Å². The van der Waals surface area contributed by atoms with Gasteiger partial charge in [-0.05, 0) is 93.8 Å². The second-order valence-corrected chi connectivity index (χ2v) is 10.9. The summed E-state index contributed by atoms with van der Waals surface area (Å²) in [6.07, 6.45) is 8.05. The van der Waals surface area contributed by atoms with Gasteiger partial charge in [-0.1, -0.05) is 18.2 Å². The largest absolute Gasteiger partial charge is 0.361 e. The van der Waals surface area contributed by atoms with Crippen LogP contribution in [0.3, 0.4) is 0 Å². The van der Waals surface area contributed by atoms with Crippen LogP contribution in [0.25, 0.3) is 22.0 Å². The number of unbranched alkanes of at least 4 members (excludes halogenated alkanes) is 1. The summed E-state index contributed by atoms with van der Waals surface area (Å²) in [5.74, 6) is -0.321. The molecule has 4 heterocycles. The van der Waals surface area contributed by atoms with E-state index < -0.39 is 5.82 Å². The molecule has 1 N–H and O–H groups in total. The van der Waals surface area contributed by atoms with Crippen LogP contribution in [-0.2, 0) is 19.5 Å². The number of rotatable bonds is 7. The maximum absolute atomic E-state index is 14.7. The first-order valence-corrected chi connectivity index (χ1v) is 14.1. The number of halogens is 2. The highest BCUT2D eigenvalue weighted by Crippen LogP contribution is 2.33.